The Hall–Kier alpha value is -1.59. The number of halogens is 2. The van der Waals surface area contributed by atoms with Crippen LogP contribution in [0.25, 0.3) is 11.3 Å². The molecule has 164 valence electrons. The van der Waals surface area contributed by atoms with E-state index in [1.807, 2.05) is 24.3 Å². The highest BCUT2D eigenvalue weighted by Crippen LogP contribution is 2.43. The minimum atomic E-state index is -0.451. The molecule has 2 unspecified atom stereocenters. The van der Waals surface area contributed by atoms with Crippen LogP contribution in [0.3, 0.4) is 0 Å². The first-order valence-electron chi connectivity index (χ1n) is 10.8. The molecule has 0 amide bonds. The number of nitrogens with zero attached hydrogens (tertiary/aromatic N) is 2. The summed E-state index contributed by atoms with van der Waals surface area (Å²) >= 11 is 14.3. The van der Waals surface area contributed by atoms with Gasteiger partial charge in [0.2, 0.25) is 0 Å². The second-order valence-corrected chi connectivity index (χ2v) is 10.4. The fourth-order valence-corrected chi connectivity index (χ4v) is 5.63. The maximum atomic E-state index is 9.83. The number of aromatic nitrogens is 1. The van der Waals surface area contributed by atoms with E-state index < -0.39 is 6.10 Å². The van der Waals surface area contributed by atoms with Gasteiger partial charge in [-0.05, 0) is 68.4 Å². The SMILES string of the molecule is CCC(C1CC1)N(Cc1ccc(C(C)O)cc1)c1nc(-c2ccc(Cl)cc2Cl)c(C)s1. The first-order chi connectivity index (χ1) is 14.9. The standard InChI is InChI=1S/C25H28Cl2N2OS/c1-4-23(19-9-10-19)29(14-17-5-7-18(8-6-17)15(2)30)25-28-24(16(3)31-25)21-12-11-20(26)13-22(21)27/h5-8,11-13,15,19,23,30H,4,9-10,14H2,1-3H3. The summed E-state index contributed by atoms with van der Waals surface area (Å²) in [4.78, 5) is 8.69. The number of benzene rings is 2. The van der Waals surface area contributed by atoms with Crippen LogP contribution in [0.5, 0.6) is 0 Å². The van der Waals surface area contributed by atoms with E-state index in [-0.39, 0.29) is 0 Å². The molecule has 3 nitrogen and oxygen atoms in total. The van der Waals surface area contributed by atoms with E-state index in [1.165, 1.54) is 18.4 Å². The van der Waals surface area contributed by atoms with Crippen molar-refractivity contribution in [3.8, 4) is 11.3 Å². The van der Waals surface area contributed by atoms with Gasteiger partial charge >= 0.3 is 0 Å². The lowest BCUT2D eigenvalue weighted by atomic mass is 10.1. The van der Waals surface area contributed by atoms with Crippen molar-refractivity contribution < 1.29 is 5.11 Å². The molecule has 2 atom stereocenters. The van der Waals surface area contributed by atoms with Gasteiger partial charge in [-0.25, -0.2) is 4.98 Å². The van der Waals surface area contributed by atoms with Crippen LogP contribution in [0.4, 0.5) is 5.13 Å². The zero-order valence-corrected chi connectivity index (χ0v) is 20.4. The molecule has 1 aromatic heterocycles. The molecule has 1 N–H and O–H groups in total. The first kappa shape index (κ1) is 22.6. The van der Waals surface area contributed by atoms with Crippen LogP contribution in [-0.2, 0) is 6.54 Å². The van der Waals surface area contributed by atoms with Crippen molar-refractivity contribution >= 4 is 39.7 Å². The van der Waals surface area contributed by atoms with E-state index in [0.717, 1.165) is 45.7 Å². The van der Waals surface area contributed by atoms with Gasteiger partial charge in [0.25, 0.3) is 0 Å². The van der Waals surface area contributed by atoms with E-state index >= 15 is 0 Å². The molecule has 1 aliphatic carbocycles. The van der Waals surface area contributed by atoms with Crippen molar-refractivity contribution in [2.24, 2.45) is 5.92 Å². The van der Waals surface area contributed by atoms with Crippen LogP contribution in [0, 0.1) is 12.8 Å². The third kappa shape index (κ3) is 5.09. The van der Waals surface area contributed by atoms with Crippen LogP contribution >= 0.6 is 34.5 Å². The summed E-state index contributed by atoms with van der Waals surface area (Å²) in [6.45, 7) is 6.97. The Bertz CT molecular complexity index is 1040. The Morgan fingerprint density at radius 1 is 1.16 bits per heavy atom. The summed E-state index contributed by atoms with van der Waals surface area (Å²) in [5.74, 6) is 0.730. The highest BCUT2D eigenvalue weighted by atomic mass is 35.5. The normalized spacial score (nSPS) is 15.7. The van der Waals surface area contributed by atoms with E-state index in [0.29, 0.717) is 16.1 Å². The van der Waals surface area contributed by atoms with Gasteiger partial charge in [0.05, 0.1) is 16.8 Å². The van der Waals surface area contributed by atoms with Crippen molar-refractivity contribution in [3.63, 3.8) is 0 Å². The summed E-state index contributed by atoms with van der Waals surface area (Å²) in [6.07, 6.45) is 3.21. The highest BCUT2D eigenvalue weighted by Gasteiger charge is 2.35. The molecule has 31 heavy (non-hydrogen) atoms. The van der Waals surface area contributed by atoms with Crippen molar-refractivity contribution in [1.82, 2.24) is 4.98 Å². The van der Waals surface area contributed by atoms with Gasteiger partial charge in [-0.3, -0.25) is 0 Å². The molecule has 3 aromatic rings. The molecular formula is C25H28Cl2N2OS. The predicted octanol–water partition coefficient (Wildman–Crippen LogP) is 7.67. The van der Waals surface area contributed by atoms with Gasteiger partial charge in [0.1, 0.15) is 0 Å². The summed E-state index contributed by atoms with van der Waals surface area (Å²) in [5.41, 5.74) is 4.02. The molecule has 0 bridgehead atoms. The molecule has 1 saturated carbocycles. The van der Waals surface area contributed by atoms with Crippen LogP contribution in [-0.4, -0.2) is 16.1 Å². The molecule has 0 aliphatic heterocycles. The second-order valence-electron chi connectivity index (χ2n) is 8.38. The van der Waals surface area contributed by atoms with Crippen molar-refractivity contribution in [2.45, 2.75) is 58.7 Å². The largest absolute Gasteiger partial charge is 0.389 e. The summed E-state index contributed by atoms with van der Waals surface area (Å²) in [5, 5.41) is 12.1. The number of rotatable bonds is 8. The average molecular weight is 475 g/mol. The highest BCUT2D eigenvalue weighted by molar-refractivity contribution is 7.16. The number of aliphatic hydroxyl groups excluding tert-OH is 1. The molecule has 6 heteroatoms. The zero-order chi connectivity index (χ0) is 22.1. The maximum Gasteiger partial charge on any atom is 0.186 e. The monoisotopic (exact) mass is 474 g/mol. The Morgan fingerprint density at radius 3 is 2.45 bits per heavy atom. The zero-order valence-electron chi connectivity index (χ0n) is 18.1. The van der Waals surface area contributed by atoms with Crippen molar-refractivity contribution in [2.75, 3.05) is 4.90 Å². The van der Waals surface area contributed by atoms with Gasteiger partial charge in [0.15, 0.2) is 5.13 Å². The second kappa shape index (κ2) is 9.50. The maximum absolute atomic E-state index is 9.83. The van der Waals surface area contributed by atoms with Crippen LogP contribution in [0.15, 0.2) is 42.5 Å². The minimum absolute atomic E-state index is 0.451. The first-order valence-corrected chi connectivity index (χ1v) is 12.4. The van der Waals surface area contributed by atoms with Crippen LogP contribution in [0.2, 0.25) is 10.0 Å². The van der Waals surface area contributed by atoms with E-state index in [9.17, 15) is 5.11 Å². The molecule has 0 radical (unpaired) electrons. The minimum Gasteiger partial charge on any atom is -0.389 e. The summed E-state index contributed by atoms with van der Waals surface area (Å²) in [6, 6.07) is 14.3. The van der Waals surface area contributed by atoms with Crippen LogP contribution in [0.1, 0.15) is 55.2 Å². The number of hydrogen-bond acceptors (Lipinski definition) is 4. The molecular weight excluding hydrogens is 447 g/mol. The summed E-state index contributed by atoms with van der Waals surface area (Å²) < 4.78 is 0. The Morgan fingerprint density at radius 2 is 1.87 bits per heavy atom. The third-order valence-corrected chi connectivity index (χ3v) is 7.57. The number of aliphatic hydroxyl groups is 1. The number of hydrogen-bond donors (Lipinski definition) is 1. The molecule has 1 fully saturated rings. The Balaban J connectivity index is 1.68. The molecule has 4 rings (SSSR count). The van der Waals surface area contributed by atoms with E-state index in [2.05, 4.69) is 30.9 Å². The molecule has 0 spiro atoms. The Kier molecular flexibility index (Phi) is 6.92. The lowest BCUT2D eigenvalue weighted by Crippen LogP contribution is -2.36. The molecule has 2 aromatic carbocycles. The van der Waals surface area contributed by atoms with Crippen molar-refractivity contribution in [1.29, 1.82) is 0 Å². The predicted molar refractivity (Wildman–Crippen MR) is 132 cm³/mol. The fourth-order valence-electron chi connectivity index (χ4n) is 4.15. The van der Waals surface area contributed by atoms with Gasteiger partial charge in [-0.2, -0.15) is 0 Å². The summed E-state index contributed by atoms with van der Waals surface area (Å²) in [7, 11) is 0. The van der Waals surface area contributed by atoms with E-state index in [4.69, 9.17) is 28.2 Å². The van der Waals surface area contributed by atoms with Gasteiger partial charge in [0, 0.05) is 28.0 Å². The fraction of sp³-hybridized carbons (Fsp3) is 0.400. The van der Waals surface area contributed by atoms with Gasteiger partial charge < -0.3 is 10.0 Å². The van der Waals surface area contributed by atoms with E-state index in [1.54, 1.807) is 24.3 Å². The van der Waals surface area contributed by atoms with Crippen molar-refractivity contribution in [3.05, 3.63) is 68.5 Å². The number of thiazole rings is 1. The molecule has 1 heterocycles. The van der Waals surface area contributed by atoms with Gasteiger partial charge in [-0.15, -0.1) is 11.3 Å². The van der Waals surface area contributed by atoms with Gasteiger partial charge in [-0.1, -0.05) is 54.4 Å². The Labute approximate surface area is 198 Å². The smallest absolute Gasteiger partial charge is 0.186 e. The lowest BCUT2D eigenvalue weighted by molar-refractivity contribution is 0.199. The number of anilines is 1. The quantitative estimate of drug-likeness (QED) is 0.363. The van der Waals surface area contributed by atoms with Crippen LogP contribution < -0.4 is 4.90 Å². The lowest BCUT2D eigenvalue weighted by Gasteiger charge is -2.31. The molecule has 0 saturated heterocycles. The average Bonchev–Trinajstić information content (AvgIpc) is 3.50. The third-order valence-electron chi connectivity index (χ3n) is 6.02. The number of aryl methyl sites for hydroxylation is 1. The molecule has 1 aliphatic rings. The topological polar surface area (TPSA) is 36.4 Å².